The highest BCUT2D eigenvalue weighted by Crippen LogP contribution is 2.37. The van der Waals surface area contributed by atoms with Crippen LogP contribution in [0.1, 0.15) is 10.6 Å². The third-order valence-electron chi connectivity index (χ3n) is 3.15. The van der Waals surface area contributed by atoms with E-state index in [9.17, 15) is 4.79 Å². The van der Waals surface area contributed by atoms with Crippen LogP contribution in [0.3, 0.4) is 0 Å². The predicted molar refractivity (Wildman–Crippen MR) is 68.4 cm³/mol. The van der Waals surface area contributed by atoms with Crippen LogP contribution in [0, 0.1) is 0 Å². The van der Waals surface area contributed by atoms with Crippen molar-refractivity contribution in [1.29, 1.82) is 0 Å². The van der Waals surface area contributed by atoms with Gasteiger partial charge in [-0.15, -0.1) is 0 Å². The first-order chi connectivity index (χ1) is 9.74. The molecule has 0 saturated heterocycles. The molecule has 0 bridgehead atoms. The van der Waals surface area contributed by atoms with Gasteiger partial charge >= 0.3 is 5.97 Å². The van der Waals surface area contributed by atoms with Gasteiger partial charge in [0.25, 0.3) is 0 Å². The molecule has 0 amide bonds. The topological polar surface area (TPSA) is 89.6 Å². The van der Waals surface area contributed by atoms with Crippen LogP contribution in [0.5, 0.6) is 0 Å². The van der Waals surface area contributed by atoms with E-state index in [4.69, 9.17) is 18.5 Å². The second kappa shape index (κ2) is 3.74. The van der Waals surface area contributed by atoms with E-state index in [0.717, 1.165) is 10.8 Å². The summed E-state index contributed by atoms with van der Waals surface area (Å²) in [6.45, 7) is 0. The molecule has 0 saturated carbocycles. The number of furan rings is 2. The fraction of sp³-hybridized carbons (Fsp3) is 0. The Kier molecular flexibility index (Phi) is 2.03. The van der Waals surface area contributed by atoms with Gasteiger partial charge in [0.1, 0.15) is 16.9 Å². The quantitative estimate of drug-likeness (QED) is 0.598. The summed E-state index contributed by atoms with van der Waals surface area (Å²) in [5.74, 6) is -1.39. The van der Waals surface area contributed by atoms with Crippen molar-refractivity contribution in [2.24, 2.45) is 0 Å². The number of carboxylic acid groups (broad SMARTS) is 1. The molecule has 98 valence electrons. The molecule has 1 aromatic carbocycles. The Labute approximate surface area is 111 Å². The molecule has 20 heavy (non-hydrogen) atoms. The normalized spacial score (nSPS) is 11.4. The zero-order valence-corrected chi connectivity index (χ0v) is 9.99. The first-order valence-corrected chi connectivity index (χ1v) is 5.82. The summed E-state index contributed by atoms with van der Waals surface area (Å²) in [7, 11) is 0. The molecule has 0 atom stereocenters. The lowest BCUT2D eigenvalue weighted by molar-refractivity contribution is 0.0652. The molecular weight excluding hydrogens is 262 g/mol. The highest BCUT2D eigenvalue weighted by atomic mass is 16.5. The number of hydrogen-bond donors (Lipinski definition) is 1. The molecule has 4 aromatic rings. The predicted octanol–water partition coefficient (Wildman–Crippen LogP) is 3.53. The van der Waals surface area contributed by atoms with E-state index in [1.165, 1.54) is 6.07 Å². The Bertz CT molecular complexity index is 894. The van der Waals surface area contributed by atoms with Crippen LogP contribution in [0.15, 0.2) is 50.1 Å². The highest BCUT2D eigenvalue weighted by molar-refractivity contribution is 6.08. The molecule has 6 nitrogen and oxygen atoms in total. The van der Waals surface area contributed by atoms with Crippen LogP contribution >= 0.6 is 0 Å². The summed E-state index contributed by atoms with van der Waals surface area (Å²) in [4.78, 5) is 10.9. The largest absolute Gasteiger partial charge is 0.475 e. The summed E-state index contributed by atoms with van der Waals surface area (Å²) in [6.07, 6.45) is 3.12. The maximum absolute atomic E-state index is 10.9. The van der Waals surface area contributed by atoms with Crippen molar-refractivity contribution in [2.45, 2.75) is 0 Å². The minimum absolute atomic E-state index is 0.222. The number of nitrogens with zero attached hydrogens (tertiary/aromatic N) is 1. The average molecular weight is 269 g/mol. The van der Waals surface area contributed by atoms with Crippen LogP contribution in [-0.2, 0) is 0 Å². The summed E-state index contributed by atoms with van der Waals surface area (Å²) < 4.78 is 15.7. The van der Waals surface area contributed by atoms with Crippen LogP contribution in [0.25, 0.3) is 33.2 Å². The van der Waals surface area contributed by atoms with Crippen LogP contribution in [0.2, 0.25) is 0 Å². The molecule has 0 aliphatic carbocycles. The molecule has 0 aliphatic rings. The van der Waals surface area contributed by atoms with Gasteiger partial charge in [-0.1, -0.05) is 5.16 Å². The Morgan fingerprint density at radius 1 is 1.15 bits per heavy atom. The minimum Gasteiger partial charge on any atom is -0.475 e. The van der Waals surface area contributed by atoms with Gasteiger partial charge in [0.2, 0.25) is 5.76 Å². The minimum atomic E-state index is -1.17. The van der Waals surface area contributed by atoms with Gasteiger partial charge in [0.15, 0.2) is 0 Å². The van der Waals surface area contributed by atoms with Crippen LogP contribution in [0.4, 0.5) is 0 Å². The van der Waals surface area contributed by atoms with Crippen LogP contribution < -0.4 is 0 Å². The molecule has 6 heteroatoms. The van der Waals surface area contributed by atoms with E-state index < -0.39 is 5.97 Å². The number of rotatable bonds is 2. The van der Waals surface area contributed by atoms with E-state index in [1.807, 2.05) is 6.07 Å². The SMILES string of the molecule is O=C(O)c1cc(-c2c3ccoc3cc3ccoc23)no1. The van der Waals surface area contributed by atoms with Crippen LogP contribution in [-0.4, -0.2) is 16.2 Å². The molecule has 1 N–H and O–H groups in total. The number of hydrogen-bond acceptors (Lipinski definition) is 5. The van der Waals surface area contributed by atoms with Crippen molar-refractivity contribution in [2.75, 3.05) is 0 Å². The average Bonchev–Trinajstić information content (AvgIpc) is 3.15. The molecule has 3 heterocycles. The van der Waals surface area contributed by atoms with Gasteiger partial charge in [-0.3, -0.25) is 0 Å². The second-order valence-corrected chi connectivity index (χ2v) is 4.30. The highest BCUT2D eigenvalue weighted by Gasteiger charge is 2.19. The van der Waals surface area contributed by atoms with E-state index in [-0.39, 0.29) is 5.76 Å². The fourth-order valence-corrected chi connectivity index (χ4v) is 2.29. The number of aromatic carboxylic acids is 1. The van der Waals surface area contributed by atoms with E-state index >= 15 is 0 Å². The molecule has 0 unspecified atom stereocenters. The lowest BCUT2D eigenvalue weighted by atomic mass is 10.0. The van der Waals surface area contributed by atoms with Crippen molar-refractivity contribution in [3.05, 3.63) is 42.6 Å². The maximum atomic E-state index is 10.9. The number of aromatic nitrogens is 1. The molecule has 4 rings (SSSR count). The summed E-state index contributed by atoms with van der Waals surface area (Å²) >= 11 is 0. The molecule has 0 aliphatic heterocycles. The van der Waals surface area contributed by atoms with E-state index in [0.29, 0.717) is 22.4 Å². The molecule has 0 fully saturated rings. The number of benzene rings is 1. The van der Waals surface area contributed by atoms with Gasteiger partial charge in [0.05, 0.1) is 18.1 Å². The fourth-order valence-electron chi connectivity index (χ4n) is 2.29. The first kappa shape index (κ1) is 10.9. The van der Waals surface area contributed by atoms with Gasteiger partial charge in [-0.25, -0.2) is 4.79 Å². The second-order valence-electron chi connectivity index (χ2n) is 4.30. The number of fused-ring (bicyclic) bond motifs is 2. The zero-order valence-electron chi connectivity index (χ0n) is 9.99. The van der Waals surface area contributed by atoms with Gasteiger partial charge in [-0.2, -0.15) is 0 Å². The lowest BCUT2D eigenvalue weighted by Gasteiger charge is -1.99. The van der Waals surface area contributed by atoms with Gasteiger partial charge in [0, 0.05) is 16.8 Å². The Morgan fingerprint density at radius 3 is 2.80 bits per heavy atom. The monoisotopic (exact) mass is 269 g/mol. The van der Waals surface area contributed by atoms with Crippen molar-refractivity contribution >= 4 is 27.9 Å². The Morgan fingerprint density at radius 2 is 2.00 bits per heavy atom. The third-order valence-corrected chi connectivity index (χ3v) is 3.15. The molecular formula is C14H7NO5. The Balaban J connectivity index is 2.10. The van der Waals surface area contributed by atoms with Gasteiger partial charge < -0.3 is 18.5 Å². The zero-order chi connectivity index (χ0) is 13.7. The molecule has 3 aromatic heterocycles. The third kappa shape index (κ3) is 1.38. The summed E-state index contributed by atoms with van der Waals surface area (Å²) in [5, 5.41) is 14.4. The maximum Gasteiger partial charge on any atom is 0.374 e. The number of carboxylic acids is 1. The van der Waals surface area contributed by atoms with Crippen molar-refractivity contribution < 1.29 is 23.3 Å². The summed E-state index contributed by atoms with van der Waals surface area (Å²) in [6, 6.07) is 6.81. The lowest BCUT2D eigenvalue weighted by Crippen LogP contribution is -1.91. The molecule has 0 spiro atoms. The van der Waals surface area contributed by atoms with Crippen molar-refractivity contribution in [3.8, 4) is 11.3 Å². The van der Waals surface area contributed by atoms with E-state index in [1.54, 1.807) is 24.7 Å². The van der Waals surface area contributed by atoms with E-state index in [2.05, 4.69) is 5.16 Å². The molecule has 0 radical (unpaired) electrons. The number of carbonyl (C=O) groups is 1. The first-order valence-electron chi connectivity index (χ1n) is 5.82. The smallest absolute Gasteiger partial charge is 0.374 e. The standard InChI is InChI=1S/C14H7NO5/c16-14(17)11-6-9(15-20-11)12-8-2-4-18-10(8)5-7-1-3-19-13(7)12/h1-6H,(H,16,17). The van der Waals surface area contributed by atoms with Gasteiger partial charge in [-0.05, 0) is 18.2 Å². The summed E-state index contributed by atoms with van der Waals surface area (Å²) in [5.41, 5.74) is 2.35. The van der Waals surface area contributed by atoms with Crippen molar-refractivity contribution in [1.82, 2.24) is 5.16 Å². The Hall–Kier alpha value is -3.02. The van der Waals surface area contributed by atoms with Crippen molar-refractivity contribution in [3.63, 3.8) is 0 Å².